The summed E-state index contributed by atoms with van der Waals surface area (Å²) in [6.07, 6.45) is 1.11. The van der Waals surface area contributed by atoms with Crippen molar-refractivity contribution in [3.63, 3.8) is 0 Å². The average Bonchev–Trinajstić information content (AvgIpc) is 3.16. The van der Waals surface area contributed by atoms with E-state index in [2.05, 4.69) is 5.10 Å². The Morgan fingerprint density at radius 3 is 2.59 bits per heavy atom. The monoisotopic (exact) mass is 390 g/mol. The number of carbonyl (C=O) groups excluding carboxylic acids is 1. The largest absolute Gasteiger partial charge is 0.312 e. The summed E-state index contributed by atoms with van der Waals surface area (Å²) in [5, 5.41) is 4.36. The van der Waals surface area contributed by atoms with E-state index >= 15 is 0 Å². The van der Waals surface area contributed by atoms with Crippen molar-refractivity contribution < 1.29 is 13.2 Å². The molecule has 1 amide bonds. The quantitative estimate of drug-likeness (QED) is 0.784. The fourth-order valence-corrected chi connectivity index (χ4v) is 4.71. The summed E-state index contributed by atoms with van der Waals surface area (Å²) in [7, 11) is -0.197. The summed E-state index contributed by atoms with van der Waals surface area (Å²) in [5.74, 6) is 0.0593. The molecule has 1 aliphatic heterocycles. The minimum atomic E-state index is -3.63. The SMILES string of the molecule is CCC(=O)N1CCc2cc(S(=O)(=O)N(C)Cc3c(C)nn(C)c3C)ccc21. The van der Waals surface area contributed by atoms with E-state index in [0.717, 1.165) is 28.2 Å². The molecule has 0 bridgehead atoms. The number of aryl methyl sites for hydroxylation is 2. The van der Waals surface area contributed by atoms with Crippen molar-refractivity contribution in [1.29, 1.82) is 0 Å². The number of aromatic nitrogens is 2. The molecule has 0 unspecified atom stereocenters. The second-order valence-corrected chi connectivity index (χ2v) is 9.02. The summed E-state index contributed by atoms with van der Waals surface area (Å²) in [5.41, 5.74) is 4.43. The zero-order valence-electron chi connectivity index (χ0n) is 16.5. The lowest BCUT2D eigenvalue weighted by molar-refractivity contribution is -0.118. The molecule has 27 heavy (non-hydrogen) atoms. The number of nitrogens with zero attached hydrogens (tertiary/aromatic N) is 4. The van der Waals surface area contributed by atoms with Crippen LogP contribution in [0.1, 0.15) is 35.9 Å². The van der Waals surface area contributed by atoms with Crippen LogP contribution in [0.3, 0.4) is 0 Å². The highest BCUT2D eigenvalue weighted by atomic mass is 32.2. The Morgan fingerprint density at radius 1 is 1.30 bits per heavy atom. The van der Waals surface area contributed by atoms with E-state index in [1.807, 2.05) is 27.8 Å². The van der Waals surface area contributed by atoms with Gasteiger partial charge in [0.2, 0.25) is 15.9 Å². The highest BCUT2D eigenvalue weighted by Gasteiger charge is 2.28. The van der Waals surface area contributed by atoms with Crippen molar-refractivity contribution in [1.82, 2.24) is 14.1 Å². The maximum absolute atomic E-state index is 13.1. The predicted octanol–water partition coefficient (Wildman–Crippen LogP) is 2.16. The van der Waals surface area contributed by atoms with Gasteiger partial charge in [0.25, 0.3) is 0 Å². The zero-order valence-corrected chi connectivity index (χ0v) is 17.3. The molecule has 0 saturated carbocycles. The van der Waals surface area contributed by atoms with Crippen LogP contribution in [0.4, 0.5) is 5.69 Å². The maximum Gasteiger partial charge on any atom is 0.243 e. The number of fused-ring (bicyclic) bond motifs is 1. The van der Waals surface area contributed by atoms with Crippen molar-refractivity contribution in [3.8, 4) is 0 Å². The summed E-state index contributed by atoms with van der Waals surface area (Å²) in [4.78, 5) is 14.0. The highest BCUT2D eigenvalue weighted by Crippen LogP contribution is 2.31. The first-order chi connectivity index (χ1) is 12.7. The van der Waals surface area contributed by atoms with Gasteiger partial charge in [0.15, 0.2) is 0 Å². The van der Waals surface area contributed by atoms with Crippen LogP contribution >= 0.6 is 0 Å². The lowest BCUT2D eigenvalue weighted by Gasteiger charge is -2.19. The Bertz CT molecular complexity index is 995. The van der Waals surface area contributed by atoms with Crippen molar-refractivity contribution in [2.75, 3.05) is 18.5 Å². The van der Waals surface area contributed by atoms with Gasteiger partial charge in [0.05, 0.1) is 10.6 Å². The lowest BCUT2D eigenvalue weighted by atomic mass is 10.2. The van der Waals surface area contributed by atoms with Crippen LogP contribution in [0.5, 0.6) is 0 Å². The number of amides is 1. The molecule has 0 atom stereocenters. The Kier molecular flexibility index (Phi) is 5.14. The molecule has 7 nitrogen and oxygen atoms in total. The van der Waals surface area contributed by atoms with Gasteiger partial charge in [-0.15, -0.1) is 0 Å². The molecule has 1 aromatic heterocycles. The molecule has 3 rings (SSSR count). The fourth-order valence-electron chi connectivity index (χ4n) is 3.52. The molecule has 0 fully saturated rings. The van der Waals surface area contributed by atoms with Gasteiger partial charge >= 0.3 is 0 Å². The molecule has 0 N–H and O–H groups in total. The summed E-state index contributed by atoms with van der Waals surface area (Å²) >= 11 is 0. The molecule has 0 radical (unpaired) electrons. The van der Waals surface area contributed by atoms with Crippen LogP contribution in [0.25, 0.3) is 0 Å². The summed E-state index contributed by atoms with van der Waals surface area (Å²) in [6, 6.07) is 5.04. The van der Waals surface area contributed by atoms with Crippen molar-refractivity contribution in [2.24, 2.45) is 7.05 Å². The van der Waals surface area contributed by atoms with Crippen LogP contribution in [0, 0.1) is 13.8 Å². The first-order valence-electron chi connectivity index (χ1n) is 9.05. The number of anilines is 1. The number of carbonyl (C=O) groups is 1. The van der Waals surface area contributed by atoms with Gasteiger partial charge in [-0.05, 0) is 44.0 Å². The molecular formula is C19H26N4O3S. The normalized spacial score (nSPS) is 14.1. The molecule has 2 aromatic rings. The zero-order chi connectivity index (χ0) is 19.9. The van der Waals surface area contributed by atoms with Crippen LogP contribution in [-0.4, -0.2) is 42.0 Å². The van der Waals surface area contributed by atoms with E-state index < -0.39 is 10.0 Å². The number of benzene rings is 1. The molecule has 8 heteroatoms. The van der Waals surface area contributed by atoms with E-state index in [1.54, 1.807) is 34.8 Å². The number of hydrogen-bond donors (Lipinski definition) is 0. The molecule has 1 aromatic carbocycles. The Balaban J connectivity index is 1.88. The first-order valence-corrected chi connectivity index (χ1v) is 10.5. The van der Waals surface area contributed by atoms with Gasteiger partial charge in [-0.25, -0.2) is 8.42 Å². The van der Waals surface area contributed by atoms with Crippen LogP contribution in [-0.2, 0) is 34.8 Å². The number of sulfonamides is 1. The smallest absolute Gasteiger partial charge is 0.243 e. The van der Waals surface area contributed by atoms with E-state index in [9.17, 15) is 13.2 Å². The van der Waals surface area contributed by atoms with Crippen molar-refractivity contribution in [2.45, 2.75) is 45.1 Å². The van der Waals surface area contributed by atoms with Gasteiger partial charge in [-0.3, -0.25) is 9.48 Å². The highest BCUT2D eigenvalue weighted by molar-refractivity contribution is 7.89. The second-order valence-electron chi connectivity index (χ2n) is 6.97. The van der Waals surface area contributed by atoms with Crippen molar-refractivity contribution in [3.05, 3.63) is 40.7 Å². The van der Waals surface area contributed by atoms with E-state index in [0.29, 0.717) is 19.4 Å². The van der Waals surface area contributed by atoms with Crippen LogP contribution in [0.2, 0.25) is 0 Å². The Hall–Kier alpha value is -2.19. The first kappa shape index (κ1) is 19.6. The molecular weight excluding hydrogens is 364 g/mol. The third-order valence-corrected chi connectivity index (χ3v) is 7.10. The molecule has 1 aliphatic rings. The third kappa shape index (κ3) is 3.39. The van der Waals surface area contributed by atoms with Crippen molar-refractivity contribution >= 4 is 21.6 Å². The predicted molar refractivity (Wildman–Crippen MR) is 104 cm³/mol. The third-order valence-electron chi connectivity index (χ3n) is 5.30. The average molecular weight is 391 g/mol. The molecule has 2 heterocycles. The second kappa shape index (κ2) is 7.09. The summed E-state index contributed by atoms with van der Waals surface area (Å²) in [6.45, 7) is 6.53. The summed E-state index contributed by atoms with van der Waals surface area (Å²) < 4.78 is 29.2. The fraction of sp³-hybridized carbons (Fsp3) is 0.474. The Morgan fingerprint density at radius 2 is 2.00 bits per heavy atom. The van der Waals surface area contributed by atoms with E-state index in [4.69, 9.17) is 0 Å². The van der Waals surface area contributed by atoms with E-state index in [-0.39, 0.29) is 17.3 Å². The van der Waals surface area contributed by atoms with Gasteiger partial charge < -0.3 is 4.90 Å². The topological polar surface area (TPSA) is 75.5 Å². The minimum Gasteiger partial charge on any atom is -0.312 e. The van der Waals surface area contributed by atoms with Gasteiger partial charge in [-0.2, -0.15) is 9.40 Å². The molecule has 0 spiro atoms. The van der Waals surface area contributed by atoms with Gasteiger partial charge in [-0.1, -0.05) is 6.92 Å². The standard InChI is InChI=1S/C19H26N4O3S/c1-6-19(24)23-10-9-15-11-16(7-8-18(15)23)27(25,26)21(4)12-17-13(2)20-22(5)14(17)3/h7-8,11H,6,9-10,12H2,1-5H3. The lowest BCUT2D eigenvalue weighted by Crippen LogP contribution is -2.28. The minimum absolute atomic E-state index is 0.0593. The molecule has 0 saturated heterocycles. The van der Waals surface area contributed by atoms with E-state index in [1.165, 1.54) is 4.31 Å². The maximum atomic E-state index is 13.1. The van der Waals surface area contributed by atoms with Gasteiger partial charge in [0, 0.05) is 50.6 Å². The number of hydrogen-bond acceptors (Lipinski definition) is 4. The van der Waals surface area contributed by atoms with Gasteiger partial charge in [0.1, 0.15) is 0 Å². The van der Waals surface area contributed by atoms with Crippen LogP contribution in [0.15, 0.2) is 23.1 Å². The van der Waals surface area contributed by atoms with Crippen LogP contribution < -0.4 is 4.90 Å². The number of rotatable bonds is 5. The molecule has 146 valence electrons. The molecule has 0 aliphatic carbocycles. The Labute approximate surface area is 160 Å².